The van der Waals surface area contributed by atoms with Crippen molar-refractivity contribution >= 4 is 5.97 Å². The molecule has 1 aliphatic heterocycles. The molecule has 0 aliphatic carbocycles. The topological polar surface area (TPSA) is 49.8 Å². The third-order valence-electron chi connectivity index (χ3n) is 4.20. The molecule has 1 fully saturated rings. The molecule has 0 aromatic carbocycles. The average molecular weight is 329 g/mol. The van der Waals surface area contributed by atoms with Crippen LogP contribution >= 0.6 is 0 Å². The Labute approximate surface area is 144 Å². The van der Waals surface area contributed by atoms with Gasteiger partial charge in [0.05, 0.1) is 13.2 Å². The predicted octanol–water partition coefficient (Wildman–Crippen LogP) is 6.35. The maximum Gasteiger partial charge on any atom is 0.303 e. The van der Waals surface area contributed by atoms with Gasteiger partial charge in [0.1, 0.15) is 0 Å². The van der Waals surface area contributed by atoms with Crippen molar-refractivity contribution in [2.24, 2.45) is 0 Å². The largest absolute Gasteiger partial charge is 0.481 e. The highest BCUT2D eigenvalue weighted by molar-refractivity contribution is 5.66. The first-order valence-electron chi connectivity index (χ1n) is 10.1. The van der Waals surface area contributed by atoms with Gasteiger partial charge in [0, 0.05) is 6.42 Å². The van der Waals surface area contributed by atoms with Crippen LogP contribution in [0.15, 0.2) is 0 Å². The van der Waals surface area contributed by atoms with E-state index in [9.17, 15) is 4.79 Å². The molecule has 1 rings (SSSR count). The van der Waals surface area contributed by atoms with E-state index in [0.717, 1.165) is 26.1 Å². The molecule has 0 radical (unpaired) electrons. The number of carbonyl (C=O) groups is 1. The van der Waals surface area contributed by atoms with Gasteiger partial charge in [0.25, 0.3) is 0 Å². The Hall–Kier alpha value is -0.570. The lowest BCUT2D eigenvalue weighted by atomic mass is 10.0. The van der Waals surface area contributed by atoms with Crippen LogP contribution in [0.4, 0.5) is 0 Å². The van der Waals surface area contributed by atoms with Gasteiger partial charge in [0.2, 0.25) is 0 Å². The quantitative estimate of drug-likeness (QED) is 0.265. The molecule has 3 heteroatoms. The van der Waals surface area contributed by atoms with E-state index in [-0.39, 0.29) is 0 Å². The fourth-order valence-corrected chi connectivity index (χ4v) is 2.65. The predicted molar refractivity (Wildman–Crippen MR) is 98.0 cm³/mol. The summed E-state index contributed by atoms with van der Waals surface area (Å²) >= 11 is 0. The third kappa shape index (κ3) is 26.6. The summed E-state index contributed by atoms with van der Waals surface area (Å²) in [6.45, 7) is 4.27. The first-order valence-corrected chi connectivity index (χ1v) is 10.1. The average Bonchev–Trinajstić information content (AvgIpc) is 3.39. The number of hydrogen-bond donors (Lipinski definition) is 1. The number of aliphatic carboxylic acids is 1. The molecular weight excluding hydrogens is 288 g/mol. The fourth-order valence-electron chi connectivity index (χ4n) is 2.65. The van der Waals surface area contributed by atoms with Crippen molar-refractivity contribution in [2.45, 2.75) is 110 Å². The second-order valence-corrected chi connectivity index (χ2v) is 6.71. The Morgan fingerprint density at radius 2 is 1.00 bits per heavy atom. The van der Waals surface area contributed by atoms with Crippen LogP contribution in [0.3, 0.4) is 0 Å². The van der Waals surface area contributed by atoms with E-state index in [0.29, 0.717) is 6.42 Å². The molecule has 0 atom stereocenters. The number of epoxide rings is 1. The zero-order valence-corrected chi connectivity index (χ0v) is 15.5. The van der Waals surface area contributed by atoms with Crippen molar-refractivity contribution in [2.75, 3.05) is 13.2 Å². The van der Waals surface area contributed by atoms with E-state index in [1.54, 1.807) is 0 Å². The molecule has 1 aliphatic rings. The van der Waals surface area contributed by atoms with Gasteiger partial charge in [-0.1, -0.05) is 96.8 Å². The zero-order valence-electron chi connectivity index (χ0n) is 15.5. The molecule has 0 amide bonds. The first kappa shape index (κ1) is 22.4. The minimum atomic E-state index is -0.653. The van der Waals surface area contributed by atoms with Gasteiger partial charge in [0.15, 0.2) is 0 Å². The highest BCUT2D eigenvalue weighted by atomic mass is 16.6. The summed E-state index contributed by atoms with van der Waals surface area (Å²) in [6, 6.07) is 0. The number of rotatable bonds is 16. The van der Waals surface area contributed by atoms with Crippen molar-refractivity contribution in [3.63, 3.8) is 0 Å². The number of carboxylic acids is 1. The molecule has 3 nitrogen and oxygen atoms in total. The van der Waals surface area contributed by atoms with Gasteiger partial charge < -0.3 is 9.84 Å². The first-order chi connectivity index (χ1) is 11.3. The summed E-state index contributed by atoms with van der Waals surface area (Å²) in [4.78, 5) is 10.3. The van der Waals surface area contributed by atoms with Crippen molar-refractivity contribution < 1.29 is 14.6 Å². The molecular formula is C20H40O3. The number of unbranched alkanes of at least 4 members (excludes halogenated alkanes) is 14. The van der Waals surface area contributed by atoms with Crippen LogP contribution in [0, 0.1) is 0 Å². The van der Waals surface area contributed by atoms with Crippen LogP contribution in [-0.4, -0.2) is 24.3 Å². The number of ether oxygens (including phenoxy) is 1. The summed E-state index contributed by atoms with van der Waals surface area (Å²) in [7, 11) is 0. The Bertz CT molecular complexity index is 236. The maximum atomic E-state index is 10.3. The van der Waals surface area contributed by atoms with Crippen LogP contribution in [0.2, 0.25) is 0 Å². The van der Waals surface area contributed by atoms with Gasteiger partial charge in [-0.05, 0) is 6.42 Å². The van der Waals surface area contributed by atoms with Crippen LogP contribution in [-0.2, 0) is 9.53 Å². The molecule has 0 aromatic rings. The van der Waals surface area contributed by atoms with Gasteiger partial charge in [-0.15, -0.1) is 0 Å². The van der Waals surface area contributed by atoms with E-state index >= 15 is 0 Å². The summed E-state index contributed by atoms with van der Waals surface area (Å²) in [6.07, 6.45) is 20.2. The second-order valence-electron chi connectivity index (χ2n) is 6.71. The van der Waals surface area contributed by atoms with Crippen molar-refractivity contribution in [1.29, 1.82) is 0 Å². The lowest BCUT2D eigenvalue weighted by molar-refractivity contribution is -0.137. The number of hydrogen-bond acceptors (Lipinski definition) is 2. The van der Waals surface area contributed by atoms with Crippen molar-refractivity contribution in [3.8, 4) is 0 Å². The summed E-state index contributed by atoms with van der Waals surface area (Å²) in [5, 5.41) is 8.52. The fraction of sp³-hybridized carbons (Fsp3) is 0.950. The van der Waals surface area contributed by atoms with Gasteiger partial charge in [-0.25, -0.2) is 0 Å². The summed E-state index contributed by atoms with van der Waals surface area (Å²) < 4.78 is 4.50. The van der Waals surface area contributed by atoms with E-state index in [1.165, 1.54) is 83.5 Å². The summed E-state index contributed by atoms with van der Waals surface area (Å²) in [5.74, 6) is -0.653. The molecule has 138 valence electrons. The molecule has 0 unspecified atom stereocenters. The molecule has 0 bridgehead atoms. The molecule has 0 aromatic heterocycles. The van der Waals surface area contributed by atoms with Crippen molar-refractivity contribution in [1.82, 2.24) is 0 Å². The van der Waals surface area contributed by atoms with E-state index in [2.05, 4.69) is 11.7 Å². The second kappa shape index (κ2) is 19.5. The maximum absolute atomic E-state index is 10.3. The lowest BCUT2D eigenvalue weighted by Crippen LogP contribution is -1.93. The van der Waals surface area contributed by atoms with E-state index in [4.69, 9.17) is 5.11 Å². The minimum absolute atomic E-state index is 0.345. The molecule has 23 heavy (non-hydrogen) atoms. The van der Waals surface area contributed by atoms with Crippen LogP contribution in [0.1, 0.15) is 110 Å². The molecule has 0 spiro atoms. The number of carboxylic acid groups (broad SMARTS) is 1. The molecule has 1 saturated heterocycles. The Morgan fingerprint density at radius 1 is 0.696 bits per heavy atom. The Morgan fingerprint density at radius 3 is 1.26 bits per heavy atom. The highest BCUT2D eigenvalue weighted by Gasteiger charge is 1.97. The SMILES string of the molecule is C1CO1.CCCCCCCCCCCCCCCCCC(=O)O. The Balaban J connectivity index is 0.00000143. The third-order valence-corrected chi connectivity index (χ3v) is 4.20. The monoisotopic (exact) mass is 328 g/mol. The standard InChI is InChI=1S/C18H36O2.C2H4O/c1-2-3-4-5-6-7-8-9-10-11-12-13-14-15-16-17-18(19)20;1-2-3-1/h2-17H2,1H3,(H,19,20);1-2H2. The van der Waals surface area contributed by atoms with Crippen molar-refractivity contribution in [3.05, 3.63) is 0 Å². The van der Waals surface area contributed by atoms with Crippen LogP contribution in [0.25, 0.3) is 0 Å². The van der Waals surface area contributed by atoms with Gasteiger partial charge in [-0.2, -0.15) is 0 Å². The molecule has 0 saturated carbocycles. The molecule has 1 heterocycles. The summed E-state index contributed by atoms with van der Waals surface area (Å²) in [5.41, 5.74) is 0. The van der Waals surface area contributed by atoms with Crippen LogP contribution in [0.5, 0.6) is 0 Å². The normalized spacial score (nSPS) is 12.6. The van der Waals surface area contributed by atoms with E-state index < -0.39 is 5.97 Å². The zero-order chi connectivity index (χ0) is 17.0. The van der Waals surface area contributed by atoms with E-state index in [1.807, 2.05) is 0 Å². The molecule has 1 N–H and O–H groups in total. The van der Waals surface area contributed by atoms with Gasteiger partial charge in [-0.3, -0.25) is 4.79 Å². The van der Waals surface area contributed by atoms with Crippen LogP contribution < -0.4 is 0 Å². The Kier molecular flexibility index (Phi) is 19.0. The van der Waals surface area contributed by atoms with Gasteiger partial charge >= 0.3 is 5.97 Å². The smallest absolute Gasteiger partial charge is 0.303 e. The highest BCUT2D eigenvalue weighted by Crippen LogP contribution is 2.13. The minimum Gasteiger partial charge on any atom is -0.481 e. The lowest BCUT2D eigenvalue weighted by Gasteiger charge is -2.03.